The molecule has 3 rings (SSSR count). The summed E-state index contributed by atoms with van der Waals surface area (Å²) in [5, 5.41) is 3.43. The molecule has 0 bridgehead atoms. The second kappa shape index (κ2) is 8.15. The first-order chi connectivity index (χ1) is 12.2. The highest BCUT2D eigenvalue weighted by atomic mass is 16.5. The van der Waals surface area contributed by atoms with Crippen molar-refractivity contribution < 1.29 is 4.74 Å². The second-order valence-electron chi connectivity index (χ2n) is 5.79. The van der Waals surface area contributed by atoms with E-state index in [4.69, 9.17) is 10.5 Å². The van der Waals surface area contributed by atoms with Crippen LogP contribution in [0.25, 0.3) is 0 Å². The highest BCUT2D eigenvalue weighted by Gasteiger charge is 2.11. The minimum Gasteiger partial charge on any atom is -0.493 e. The molecule has 128 valence electrons. The number of nitrogens with zero attached hydrogens (tertiary/aromatic N) is 2. The van der Waals surface area contributed by atoms with Crippen LogP contribution >= 0.6 is 0 Å². The molecule has 3 aromatic rings. The molecule has 0 amide bonds. The van der Waals surface area contributed by atoms with Crippen molar-refractivity contribution in [3.63, 3.8) is 0 Å². The molecule has 1 heterocycles. The van der Waals surface area contributed by atoms with Gasteiger partial charge in [-0.2, -0.15) is 4.98 Å². The molecule has 0 saturated heterocycles. The molecular formula is C20H22N4O. The number of para-hydroxylation sites is 1. The van der Waals surface area contributed by atoms with Gasteiger partial charge < -0.3 is 15.8 Å². The van der Waals surface area contributed by atoms with Crippen LogP contribution in [0.2, 0.25) is 0 Å². The molecule has 2 aromatic carbocycles. The molecule has 25 heavy (non-hydrogen) atoms. The summed E-state index contributed by atoms with van der Waals surface area (Å²) in [4.78, 5) is 8.48. The van der Waals surface area contributed by atoms with E-state index in [1.807, 2.05) is 48.5 Å². The molecule has 1 atom stereocenters. The highest BCUT2D eigenvalue weighted by molar-refractivity contribution is 5.48. The summed E-state index contributed by atoms with van der Waals surface area (Å²) in [6.45, 7) is 2.64. The monoisotopic (exact) mass is 334 g/mol. The number of anilines is 2. The Hall–Kier alpha value is -3.08. The third kappa shape index (κ3) is 4.70. The van der Waals surface area contributed by atoms with Crippen LogP contribution in [-0.4, -0.2) is 16.6 Å². The van der Waals surface area contributed by atoms with E-state index < -0.39 is 0 Å². The molecule has 0 aliphatic rings. The molecule has 0 saturated carbocycles. The standard InChI is InChI=1S/C20H22N4O/c1-15(16-8-4-2-5-9-16)23-19-17(14-22-20(21)24-19)12-13-25-18-10-6-3-7-11-18/h2-11,14-15H,12-13H2,1H3,(H3,21,22,23,24)/t15-/m1/s1. The van der Waals surface area contributed by atoms with E-state index in [2.05, 4.69) is 34.3 Å². The van der Waals surface area contributed by atoms with Crippen molar-refractivity contribution >= 4 is 11.8 Å². The van der Waals surface area contributed by atoms with Gasteiger partial charge in [-0.1, -0.05) is 48.5 Å². The number of nitrogen functional groups attached to an aromatic ring is 1. The van der Waals surface area contributed by atoms with Gasteiger partial charge in [-0.15, -0.1) is 0 Å². The van der Waals surface area contributed by atoms with Crippen LogP contribution in [0.1, 0.15) is 24.1 Å². The smallest absolute Gasteiger partial charge is 0.221 e. The van der Waals surface area contributed by atoms with Crippen molar-refractivity contribution in [2.45, 2.75) is 19.4 Å². The highest BCUT2D eigenvalue weighted by Crippen LogP contribution is 2.21. The first-order valence-electron chi connectivity index (χ1n) is 8.33. The fourth-order valence-electron chi connectivity index (χ4n) is 2.55. The number of hydrogen-bond acceptors (Lipinski definition) is 5. The van der Waals surface area contributed by atoms with Gasteiger partial charge in [-0.05, 0) is 24.6 Å². The number of ether oxygens (including phenoxy) is 1. The number of nitrogens with two attached hydrogens (primary N) is 1. The number of hydrogen-bond donors (Lipinski definition) is 2. The fourth-order valence-corrected chi connectivity index (χ4v) is 2.55. The predicted octanol–water partition coefficient (Wildman–Crippen LogP) is 3.85. The van der Waals surface area contributed by atoms with Crippen LogP contribution in [0.15, 0.2) is 66.9 Å². The molecule has 5 heteroatoms. The van der Waals surface area contributed by atoms with Crippen LogP contribution in [0.5, 0.6) is 5.75 Å². The number of nitrogens with one attached hydrogen (secondary N) is 1. The average molecular weight is 334 g/mol. The van der Waals surface area contributed by atoms with Crippen LogP contribution in [-0.2, 0) is 6.42 Å². The summed E-state index contributed by atoms with van der Waals surface area (Å²) in [5.41, 5.74) is 7.93. The normalized spacial score (nSPS) is 11.7. The van der Waals surface area contributed by atoms with Gasteiger partial charge in [0, 0.05) is 24.2 Å². The van der Waals surface area contributed by atoms with Crippen molar-refractivity contribution in [3.8, 4) is 5.75 Å². The van der Waals surface area contributed by atoms with E-state index in [-0.39, 0.29) is 12.0 Å². The van der Waals surface area contributed by atoms with Crippen LogP contribution in [0, 0.1) is 0 Å². The summed E-state index contributed by atoms with van der Waals surface area (Å²) in [6, 6.07) is 20.1. The third-order valence-corrected chi connectivity index (χ3v) is 3.92. The maximum absolute atomic E-state index is 5.77. The van der Waals surface area contributed by atoms with Crippen molar-refractivity contribution in [3.05, 3.63) is 78.0 Å². The second-order valence-corrected chi connectivity index (χ2v) is 5.79. The zero-order valence-corrected chi connectivity index (χ0v) is 14.2. The minimum absolute atomic E-state index is 0.115. The van der Waals surface area contributed by atoms with Crippen molar-refractivity contribution in [2.75, 3.05) is 17.7 Å². The minimum atomic E-state index is 0.115. The van der Waals surface area contributed by atoms with E-state index >= 15 is 0 Å². The lowest BCUT2D eigenvalue weighted by atomic mass is 10.1. The van der Waals surface area contributed by atoms with Crippen molar-refractivity contribution in [1.82, 2.24) is 9.97 Å². The fraction of sp³-hybridized carbons (Fsp3) is 0.200. The molecule has 0 spiro atoms. The van der Waals surface area contributed by atoms with Crippen LogP contribution in [0.4, 0.5) is 11.8 Å². The summed E-state index contributed by atoms with van der Waals surface area (Å²) < 4.78 is 5.77. The quantitative estimate of drug-likeness (QED) is 0.686. The van der Waals surface area contributed by atoms with E-state index in [9.17, 15) is 0 Å². The number of benzene rings is 2. The Morgan fingerprint density at radius 2 is 1.72 bits per heavy atom. The van der Waals surface area contributed by atoms with Gasteiger partial charge in [0.05, 0.1) is 6.61 Å². The first kappa shape index (κ1) is 16.8. The number of aromatic nitrogens is 2. The van der Waals surface area contributed by atoms with Gasteiger partial charge in [0.25, 0.3) is 0 Å². The van der Waals surface area contributed by atoms with Gasteiger partial charge in [-0.25, -0.2) is 4.98 Å². The molecule has 5 nitrogen and oxygen atoms in total. The van der Waals surface area contributed by atoms with E-state index in [1.165, 1.54) is 5.56 Å². The van der Waals surface area contributed by atoms with Crippen LogP contribution < -0.4 is 15.8 Å². The zero-order chi connectivity index (χ0) is 17.5. The molecule has 0 fully saturated rings. The van der Waals surface area contributed by atoms with E-state index in [0.717, 1.165) is 17.1 Å². The topological polar surface area (TPSA) is 73.1 Å². The lowest BCUT2D eigenvalue weighted by Gasteiger charge is -2.18. The lowest BCUT2D eigenvalue weighted by molar-refractivity contribution is 0.322. The molecule has 1 aromatic heterocycles. The number of rotatable bonds is 7. The Bertz CT molecular complexity index is 793. The molecule has 3 N–H and O–H groups in total. The van der Waals surface area contributed by atoms with E-state index in [0.29, 0.717) is 13.0 Å². The molecule has 0 radical (unpaired) electrons. The molecule has 0 aliphatic carbocycles. The van der Waals surface area contributed by atoms with Gasteiger partial charge in [0.1, 0.15) is 11.6 Å². The Morgan fingerprint density at radius 1 is 1.04 bits per heavy atom. The summed E-state index contributed by atoms with van der Waals surface area (Å²) in [7, 11) is 0. The summed E-state index contributed by atoms with van der Waals surface area (Å²) >= 11 is 0. The first-order valence-corrected chi connectivity index (χ1v) is 8.33. The van der Waals surface area contributed by atoms with Gasteiger partial charge in [0.2, 0.25) is 5.95 Å². The average Bonchev–Trinajstić information content (AvgIpc) is 2.65. The maximum Gasteiger partial charge on any atom is 0.221 e. The Balaban J connectivity index is 1.67. The zero-order valence-electron chi connectivity index (χ0n) is 14.2. The summed E-state index contributed by atoms with van der Waals surface area (Å²) in [5.74, 6) is 1.86. The Kier molecular flexibility index (Phi) is 5.46. The lowest BCUT2D eigenvalue weighted by Crippen LogP contribution is -2.13. The molecule has 0 aliphatic heterocycles. The van der Waals surface area contributed by atoms with Gasteiger partial charge in [-0.3, -0.25) is 0 Å². The van der Waals surface area contributed by atoms with Gasteiger partial charge >= 0.3 is 0 Å². The van der Waals surface area contributed by atoms with Gasteiger partial charge in [0.15, 0.2) is 0 Å². The maximum atomic E-state index is 5.77. The Morgan fingerprint density at radius 3 is 2.44 bits per heavy atom. The predicted molar refractivity (Wildman–Crippen MR) is 101 cm³/mol. The Labute approximate surface area is 147 Å². The SMILES string of the molecule is C[C@@H](Nc1nc(N)ncc1CCOc1ccccc1)c1ccccc1. The van der Waals surface area contributed by atoms with Crippen molar-refractivity contribution in [2.24, 2.45) is 0 Å². The molecule has 0 unspecified atom stereocenters. The van der Waals surface area contributed by atoms with Crippen LogP contribution in [0.3, 0.4) is 0 Å². The van der Waals surface area contributed by atoms with E-state index in [1.54, 1.807) is 6.20 Å². The third-order valence-electron chi connectivity index (χ3n) is 3.92. The summed E-state index contributed by atoms with van der Waals surface area (Å²) in [6.07, 6.45) is 2.45. The van der Waals surface area contributed by atoms with Crippen molar-refractivity contribution in [1.29, 1.82) is 0 Å². The molecular weight excluding hydrogens is 312 g/mol. The largest absolute Gasteiger partial charge is 0.493 e.